The number of hydrogen-bond donors (Lipinski definition) is 1. The number of carbonyl (C=O) groups is 3. The highest BCUT2D eigenvalue weighted by molar-refractivity contribution is 6.08. The summed E-state index contributed by atoms with van der Waals surface area (Å²) in [6, 6.07) is 21.0. The molecule has 1 aliphatic rings. The van der Waals surface area contributed by atoms with E-state index in [1.807, 2.05) is 55.5 Å². The molecule has 3 aromatic carbocycles. The molecule has 1 N–H and O–H groups in total. The zero-order valence-corrected chi connectivity index (χ0v) is 22.3. The molecule has 39 heavy (non-hydrogen) atoms. The smallest absolute Gasteiger partial charge is 0.249 e. The van der Waals surface area contributed by atoms with Gasteiger partial charge in [0.25, 0.3) is 0 Å². The molecule has 5 rings (SSSR count). The van der Waals surface area contributed by atoms with Crippen molar-refractivity contribution < 1.29 is 14.4 Å². The Bertz CT molecular complexity index is 1500. The van der Waals surface area contributed by atoms with Crippen LogP contribution in [0.15, 0.2) is 72.8 Å². The van der Waals surface area contributed by atoms with Crippen molar-refractivity contribution in [1.29, 1.82) is 0 Å². The van der Waals surface area contributed by atoms with Crippen LogP contribution in [0.1, 0.15) is 66.6 Å². The molecule has 0 aliphatic heterocycles. The first-order valence-electron chi connectivity index (χ1n) is 13.5. The predicted octanol–water partition coefficient (Wildman–Crippen LogP) is 5.17. The molecule has 1 saturated carbocycles. The first-order chi connectivity index (χ1) is 18.9. The van der Waals surface area contributed by atoms with Crippen LogP contribution in [0, 0.1) is 6.92 Å². The van der Waals surface area contributed by atoms with E-state index < -0.39 is 6.04 Å². The normalized spacial score (nSPS) is 14.6. The van der Waals surface area contributed by atoms with Gasteiger partial charge in [-0.15, -0.1) is 5.10 Å². The highest BCUT2D eigenvalue weighted by atomic mass is 16.2. The SMILES string of the molecule is CC(=O)c1ccccc1N(C(=O)Cn1nnc2ccccc21)C(C(=O)NC1CCCCC1)c1ccccc1C. The summed E-state index contributed by atoms with van der Waals surface area (Å²) in [5.74, 6) is -0.816. The van der Waals surface area contributed by atoms with Crippen LogP contribution in [0.2, 0.25) is 0 Å². The fourth-order valence-electron chi connectivity index (χ4n) is 5.46. The number of amides is 2. The first kappa shape index (κ1) is 26.3. The van der Waals surface area contributed by atoms with Gasteiger partial charge < -0.3 is 5.32 Å². The maximum absolute atomic E-state index is 14.3. The number of nitrogens with one attached hydrogen (secondary N) is 1. The lowest BCUT2D eigenvalue weighted by Gasteiger charge is -2.35. The second-order valence-corrected chi connectivity index (χ2v) is 10.2. The quantitative estimate of drug-likeness (QED) is 0.322. The number of hydrogen-bond acceptors (Lipinski definition) is 5. The summed E-state index contributed by atoms with van der Waals surface area (Å²) in [7, 11) is 0. The fraction of sp³-hybridized carbons (Fsp3) is 0.323. The van der Waals surface area contributed by atoms with Gasteiger partial charge in [-0.2, -0.15) is 0 Å². The number of aromatic nitrogens is 3. The van der Waals surface area contributed by atoms with Gasteiger partial charge in [0.1, 0.15) is 18.1 Å². The second-order valence-electron chi connectivity index (χ2n) is 10.2. The number of anilines is 1. The monoisotopic (exact) mass is 523 g/mol. The minimum atomic E-state index is -0.976. The summed E-state index contributed by atoms with van der Waals surface area (Å²) in [5, 5.41) is 11.6. The molecular formula is C31H33N5O3. The van der Waals surface area contributed by atoms with E-state index in [1.54, 1.807) is 24.3 Å². The number of fused-ring (bicyclic) bond motifs is 1. The molecule has 0 spiro atoms. The van der Waals surface area contributed by atoms with Crippen molar-refractivity contribution in [3.05, 3.63) is 89.5 Å². The summed E-state index contributed by atoms with van der Waals surface area (Å²) in [5.41, 5.74) is 3.74. The first-order valence-corrected chi connectivity index (χ1v) is 13.5. The van der Waals surface area contributed by atoms with Gasteiger partial charge in [0, 0.05) is 11.6 Å². The maximum Gasteiger partial charge on any atom is 0.249 e. The summed E-state index contributed by atoms with van der Waals surface area (Å²) in [6.07, 6.45) is 5.12. The fourth-order valence-corrected chi connectivity index (χ4v) is 5.46. The van der Waals surface area contributed by atoms with E-state index in [0.717, 1.165) is 37.7 Å². The van der Waals surface area contributed by atoms with Crippen molar-refractivity contribution in [2.75, 3.05) is 4.90 Å². The van der Waals surface area contributed by atoms with Gasteiger partial charge in [-0.05, 0) is 62.1 Å². The largest absolute Gasteiger partial charge is 0.351 e. The maximum atomic E-state index is 14.3. The van der Waals surface area contributed by atoms with Gasteiger partial charge >= 0.3 is 0 Å². The number of ketones is 1. The molecule has 0 saturated heterocycles. The zero-order valence-electron chi connectivity index (χ0n) is 22.3. The summed E-state index contributed by atoms with van der Waals surface area (Å²) < 4.78 is 1.54. The molecule has 200 valence electrons. The van der Waals surface area contributed by atoms with Crippen molar-refractivity contribution in [2.45, 2.75) is 64.6 Å². The Hall–Kier alpha value is -4.33. The molecular weight excluding hydrogens is 490 g/mol. The number of rotatable bonds is 8. The van der Waals surface area contributed by atoms with Crippen LogP contribution in [-0.2, 0) is 16.1 Å². The molecule has 0 bridgehead atoms. The van der Waals surface area contributed by atoms with Crippen LogP contribution in [-0.4, -0.2) is 38.6 Å². The van der Waals surface area contributed by atoms with Crippen LogP contribution in [0.3, 0.4) is 0 Å². The van der Waals surface area contributed by atoms with E-state index in [9.17, 15) is 14.4 Å². The Morgan fingerprint density at radius 2 is 1.64 bits per heavy atom. The third-order valence-corrected chi connectivity index (χ3v) is 7.46. The number of para-hydroxylation sites is 2. The van der Waals surface area contributed by atoms with Gasteiger partial charge in [-0.1, -0.05) is 73.0 Å². The molecule has 1 heterocycles. The summed E-state index contributed by atoms with van der Waals surface area (Å²) in [4.78, 5) is 42.7. The Balaban J connectivity index is 1.63. The van der Waals surface area contributed by atoms with E-state index in [-0.39, 0.29) is 30.2 Å². The lowest BCUT2D eigenvalue weighted by Crippen LogP contribution is -2.48. The van der Waals surface area contributed by atoms with Gasteiger partial charge in [0.15, 0.2) is 5.78 Å². The van der Waals surface area contributed by atoms with Crippen molar-refractivity contribution in [3.8, 4) is 0 Å². The summed E-state index contributed by atoms with van der Waals surface area (Å²) >= 11 is 0. The Labute approximate surface area is 228 Å². The minimum Gasteiger partial charge on any atom is -0.351 e. The minimum absolute atomic E-state index is 0.0528. The average Bonchev–Trinajstić information content (AvgIpc) is 3.35. The van der Waals surface area contributed by atoms with Crippen molar-refractivity contribution in [1.82, 2.24) is 20.3 Å². The topological polar surface area (TPSA) is 97.2 Å². The van der Waals surface area contributed by atoms with Crippen LogP contribution >= 0.6 is 0 Å². The second kappa shape index (κ2) is 11.6. The number of nitrogens with zero attached hydrogens (tertiary/aromatic N) is 4. The highest BCUT2D eigenvalue weighted by Crippen LogP contribution is 2.33. The molecule has 8 heteroatoms. The molecule has 1 atom stereocenters. The number of carbonyl (C=O) groups excluding carboxylic acids is 3. The van der Waals surface area contributed by atoms with Gasteiger partial charge in [0.2, 0.25) is 11.8 Å². The molecule has 1 fully saturated rings. The molecule has 8 nitrogen and oxygen atoms in total. The third-order valence-electron chi connectivity index (χ3n) is 7.46. The van der Waals surface area contributed by atoms with Crippen LogP contribution in [0.25, 0.3) is 11.0 Å². The Kier molecular flexibility index (Phi) is 7.81. The molecule has 2 amide bonds. The van der Waals surface area contributed by atoms with E-state index in [1.165, 1.54) is 16.5 Å². The van der Waals surface area contributed by atoms with E-state index in [2.05, 4.69) is 15.6 Å². The van der Waals surface area contributed by atoms with Crippen molar-refractivity contribution in [2.24, 2.45) is 0 Å². The highest BCUT2D eigenvalue weighted by Gasteiger charge is 2.36. The number of aryl methyl sites for hydroxylation is 1. The molecule has 1 aromatic heterocycles. The number of benzene rings is 3. The molecule has 1 unspecified atom stereocenters. The van der Waals surface area contributed by atoms with E-state index in [0.29, 0.717) is 27.8 Å². The lowest BCUT2D eigenvalue weighted by atomic mass is 9.93. The Morgan fingerprint density at radius 3 is 2.41 bits per heavy atom. The zero-order chi connectivity index (χ0) is 27.4. The molecule has 4 aromatic rings. The lowest BCUT2D eigenvalue weighted by molar-refractivity contribution is -0.127. The molecule has 1 aliphatic carbocycles. The summed E-state index contributed by atoms with van der Waals surface area (Å²) in [6.45, 7) is 3.25. The standard InChI is InChI=1S/C31H33N5O3/c1-21-12-6-7-15-24(21)30(31(39)32-23-13-4-3-5-14-23)36(27-18-10-8-16-25(27)22(2)37)29(38)20-35-28-19-11-9-17-26(28)33-34-35/h6-12,15-19,23,30H,3-5,13-14,20H2,1-2H3,(H,32,39). The third kappa shape index (κ3) is 5.60. The Morgan fingerprint density at radius 1 is 0.949 bits per heavy atom. The van der Waals surface area contributed by atoms with Crippen LogP contribution in [0.5, 0.6) is 0 Å². The van der Waals surface area contributed by atoms with Crippen LogP contribution in [0.4, 0.5) is 5.69 Å². The number of Topliss-reactive ketones (excluding diaryl/α,β-unsaturated/α-hetero) is 1. The van der Waals surface area contributed by atoms with E-state index in [4.69, 9.17) is 0 Å². The van der Waals surface area contributed by atoms with Gasteiger partial charge in [0.05, 0.1) is 11.2 Å². The van der Waals surface area contributed by atoms with Crippen LogP contribution < -0.4 is 10.2 Å². The average molecular weight is 524 g/mol. The van der Waals surface area contributed by atoms with Crippen molar-refractivity contribution >= 4 is 34.3 Å². The van der Waals surface area contributed by atoms with E-state index >= 15 is 0 Å². The molecule has 0 radical (unpaired) electrons. The van der Waals surface area contributed by atoms with Gasteiger partial charge in [-0.3, -0.25) is 19.3 Å². The predicted molar refractivity (Wildman–Crippen MR) is 150 cm³/mol. The van der Waals surface area contributed by atoms with Gasteiger partial charge in [-0.25, -0.2) is 4.68 Å². The van der Waals surface area contributed by atoms with Crippen molar-refractivity contribution in [3.63, 3.8) is 0 Å².